The Morgan fingerprint density at radius 2 is 1.51 bits per heavy atom. The van der Waals surface area contributed by atoms with Crippen LogP contribution in [0.2, 0.25) is 0 Å². The van der Waals surface area contributed by atoms with Gasteiger partial charge in [0, 0.05) is 13.1 Å². The van der Waals surface area contributed by atoms with Crippen LogP contribution in [0.15, 0.2) is 89.9 Å². The van der Waals surface area contributed by atoms with Gasteiger partial charge in [0.2, 0.25) is 11.8 Å². The Balaban J connectivity index is 1.51. The lowest BCUT2D eigenvalue weighted by molar-refractivity contribution is -0.129. The number of amidine groups is 1. The smallest absolute Gasteiger partial charge is 0.242 e. The number of hydrogen-bond acceptors (Lipinski definition) is 6. The number of nitrogens with zero attached hydrogens (tertiary/aromatic N) is 1. The van der Waals surface area contributed by atoms with Crippen LogP contribution in [0.1, 0.15) is 35.4 Å². The van der Waals surface area contributed by atoms with E-state index in [4.69, 9.17) is 5.73 Å². The topological polar surface area (TPSA) is 129 Å². The van der Waals surface area contributed by atoms with Crippen molar-refractivity contribution in [3.8, 4) is 5.75 Å². The van der Waals surface area contributed by atoms with Crippen molar-refractivity contribution in [3.63, 3.8) is 0 Å². The highest BCUT2D eigenvalue weighted by atomic mass is 16.3. The lowest BCUT2D eigenvalue weighted by atomic mass is 9.90. The lowest BCUT2D eigenvalue weighted by Crippen LogP contribution is -2.49. The van der Waals surface area contributed by atoms with Gasteiger partial charge in [0.1, 0.15) is 17.6 Å². The van der Waals surface area contributed by atoms with Gasteiger partial charge in [0.05, 0.1) is 18.5 Å². The maximum atomic E-state index is 13.7. The molecule has 37 heavy (non-hydrogen) atoms. The first-order chi connectivity index (χ1) is 18.0. The van der Waals surface area contributed by atoms with Gasteiger partial charge in [-0.25, -0.2) is 0 Å². The van der Waals surface area contributed by atoms with E-state index in [0.29, 0.717) is 19.4 Å². The van der Waals surface area contributed by atoms with Gasteiger partial charge < -0.3 is 26.8 Å². The van der Waals surface area contributed by atoms with Crippen molar-refractivity contribution < 1.29 is 14.7 Å². The maximum absolute atomic E-state index is 13.7. The van der Waals surface area contributed by atoms with Crippen molar-refractivity contribution in [2.24, 2.45) is 10.7 Å². The number of nitrogens with one attached hydrogen (secondary N) is 3. The van der Waals surface area contributed by atoms with Crippen LogP contribution in [0.25, 0.3) is 0 Å². The third-order valence-corrected chi connectivity index (χ3v) is 6.38. The van der Waals surface area contributed by atoms with Crippen LogP contribution in [0.3, 0.4) is 0 Å². The molecule has 8 heteroatoms. The minimum Gasteiger partial charge on any atom is -0.508 e. The predicted octanol–water partition coefficient (Wildman–Crippen LogP) is 2.43. The van der Waals surface area contributed by atoms with Gasteiger partial charge in [-0.15, -0.1) is 0 Å². The molecule has 6 N–H and O–H groups in total. The molecule has 1 heterocycles. The summed E-state index contributed by atoms with van der Waals surface area (Å²) < 4.78 is 0. The Labute approximate surface area is 217 Å². The second-order valence-corrected chi connectivity index (χ2v) is 9.08. The highest BCUT2D eigenvalue weighted by Gasteiger charge is 2.28. The van der Waals surface area contributed by atoms with E-state index in [1.807, 2.05) is 60.7 Å². The van der Waals surface area contributed by atoms with E-state index in [0.717, 1.165) is 29.1 Å². The largest absolute Gasteiger partial charge is 0.508 e. The number of rotatable bonds is 11. The van der Waals surface area contributed by atoms with Crippen LogP contribution in [0.5, 0.6) is 5.75 Å². The second kappa shape index (κ2) is 12.7. The zero-order valence-electron chi connectivity index (χ0n) is 20.6. The number of aliphatic imine (C=N–C) groups is 1. The number of aromatic hydroxyl groups is 1. The standard InChI is InChI=1S/C29H33N5O3/c30-24(27-31-17-18-32-27)15-16-25(28(36)33-19-20-11-13-23(35)14-12-20)34-29(37)26(21-7-3-1-4-8-21)22-9-5-2-6-10-22/h1-14,24-26,35H,15-19,30H2,(H,31,32)(H,33,36)(H,34,37)/t24?,25-/m0/s1. The number of carbonyl (C=O) groups excluding carboxylic acids is 2. The first-order valence-corrected chi connectivity index (χ1v) is 12.5. The number of phenols is 1. The summed E-state index contributed by atoms with van der Waals surface area (Å²) >= 11 is 0. The molecular formula is C29H33N5O3. The molecular weight excluding hydrogens is 466 g/mol. The number of carbonyl (C=O) groups is 2. The molecule has 1 unspecified atom stereocenters. The number of hydrogen-bond donors (Lipinski definition) is 5. The molecule has 4 rings (SSSR count). The summed E-state index contributed by atoms with van der Waals surface area (Å²) in [5, 5.41) is 18.6. The van der Waals surface area contributed by atoms with Crippen LogP contribution < -0.4 is 21.7 Å². The summed E-state index contributed by atoms with van der Waals surface area (Å²) in [6, 6.07) is 24.5. The van der Waals surface area contributed by atoms with Crippen LogP contribution in [-0.4, -0.2) is 47.9 Å². The molecule has 0 radical (unpaired) electrons. The van der Waals surface area contributed by atoms with Gasteiger partial charge >= 0.3 is 0 Å². The zero-order valence-corrected chi connectivity index (χ0v) is 20.6. The summed E-state index contributed by atoms with van der Waals surface area (Å²) in [4.78, 5) is 31.4. The molecule has 0 saturated carbocycles. The normalized spacial score (nSPS) is 14.4. The predicted molar refractivity (Wildman–Crippen MR) is 144 cm³/mol. The van der Waals surface area contributed by atoms with E-state index in [1.54, 1.807) is 24.3 Å². The zero-order chi connectivity index (χ0) is 26.0. The quantitative estimate of drug-likeness (QED) is 0.277. The molecule has 8 nitrogen and oxygen atoms in total. The van der Waals surface area contributed by atoms with Crippen LogP contribution in [0, 0.1) is 0 Å². The molecule has 2 atom stereocenters. The number of benzene rings is 3. The van der Waals surface area contributed by atoms with Gasteiger partial charge in [-0.3, -0.25) is 14.6 Å². The lowest BCUT2D eigenvalue weighted by Gasteiger charge is -2.24. The number of amides is 2. The van der Waals surface area contributed by atoms with Crippen molar-refractivity contribution >= 4 is 17.6 Å². The Bertz CT molecular complexity index is 1160. The summed E-state index contributed by atoms with van der Waals surface area (Å²) in [5.41, 5.74) is 8.84. The Hall–Kier alpha value is -4.17. The van der Waals surface area contributed by atoms with E-state index in [-0.39, 0.29) is 30.2 Å². The van der Waals surface area contributed by atoms with E-state index >= 15 is 0 Å². The fraction of sp³-hybridized carbons (Fsp3) is 0.276. The molecule has 1 aliphatic heterocycles. The van der Waals surface area contributed by atoms with E-state index in [1.165, 1.54) is 0 Å². The molecule has 0 saturated heterocycles. The van der Waals surface area contributed by atoms with Crippen LogP contribution in [0.4, 0.5) is 0 Å². The molecule has 192 valence electrons. The van der Waals surface area contributed by atoms with E-state index < -0.39 is 12.0 Å². The van der Waals surface area contributed by atoms with E-state index in [9.17, 15) is 14.7 Å². The van der Waals surface area contributed by atoms with Gasteiger partial charge in [-0.1, -0.05) is 72.8 Å². The summed E-state index contributed by atoms with van der Waals surface area (Å²) in [6.07, 6.45) is 0.829. The maximum Gasteiger partial charge on any atom is 0.242 e. The third kappa shape index (κ3) is 7.17. The molecule has 0 aliphatic carbocycles. The molecule has 0 aromatic heterocycles. The minimum absolute atomic E-state index is 0.158. The first kappa shape index (κ1) is 25.9. The van der Waals surface area contributed by atoms with Gasteiger partial charge in [0.25, 0.3) is 0 Å². The highest BCUT2D eigenvalue weighted by Crippen LogP contribution is 2.25. The summed E-state index contributed by atoms with van der Waals surface area (Å²) in [7, 11) is 0. The van der Waals surface area contributed by atoms with E-state index in [2.05, 4.69) is 20.9 Å². The summed E-state index contributed by atoms with van der Waals surface area (Å²) in [5.74, 6) is -0.224. The fourth-order valence-electron chi connectivity index (χ4n) is 4.38. The minimum atomic E-state index is -0.785. The highest BCUT2D eigenvalue weighted by molar-refractivity contribution is 5.92. The van der Waals surface area contributed by atoms with Crippen LogP contribution >= 0.6 is 0 Å². The Morgan fingerprint density at radius 3 is 2.08 bits per heavy atom. The molecule has 1 aliphatic rings. The average molecular weight is 500 g/mol. The average Bonchev–Trinajstić information content (AvgIpc) is 3.47. The van der Waals surface area contributed by atoms with Crippen molar-refractivity contribution in [3.05, 3.63) is 102 Å². The SMILES string of the molecule is NC(CC[C@H](NC(=O)C(c1ccccc1)c1ccccc1)C(=O)NCc1ccc(O)cc1)C1=NCCN1. The third-order valence-electron chi connectivity index (χ3n) is 6.38. The second-order valence-electron chi connectivity index (χ2n) is 9.08. The van der Waals surface area contributed by atoms with Crippen molar-refractivity contribution in [2.75, 3.05) is 13.1 Å². The summed E-state index contributed by atoms with van der Waals surface area (Å²) in [6.45, 7) is 1.71. The molecule has 0 fully saturated rings. The van der Waals surface area contributed by atoms with Crippen molar-refractivity contribution in [1.82, 2.24) is 16.0 Å². The van der Waals surface area contributed by atoms with Gasteiger partial charge in [-0.2, -0.15) is 0 Å². The molecule has 0 spiro atoms. The van der Waals surface area contributed by atoms with Gasteiger partial charge in [-0.05, 0) is 41.7 Å². The first-order valence-electron chi connectivity index (χ1n) is 12.5. The van der Waals surface area contributed by atoms with Crippen molar-refractivity contribution in [2.45, 2.75) is 37.4 Å². The molecule has 3 aromatic rings. The molecule has 0 bridgehead atoms. The fourth-order valence-corrected chi connectivity index (χ4v) is 4.38. The Morgan fingerprint density at radius 1 is 0.892 bits per heavy atom. The monoisotopic (exact) mass is 499 g/mol. The number of nitrogens with two attached hydrogens (primary N) is 1. The van der Waals surface area contributed by atoms with Crippen molar-refractivity contribution in [1.29, 1.82) is 0 Å². The Kier molecular flexibility index (Phi) is 8.89. The van der Waals surface area contributed by atoms with Crippen LogP contribution in [-0.2, 0) is 16.1 Å². The molecule has 3 aromatic carbocycles. The number of phenolic OH excluding ortho intramolecular Hbond substituents is 1. The van der Waals surface area contributed by atoms with Gasteiger partial charge in [0.15, 0.2) is 0 Å². The molecule has 2 amide bonds.